The highest BCUT2D eigenvalue weighted by Gasteiger charge is 2.19. The number of hydrogen-bond acceptors (Lipinski definition) is 6. The number of carbonyl (C=O) groups excluding carboxylic acids is 3. The molecule has 5 N–H and O–H groups in total. The SMILES string of the molecule is NC(=O)c1cc2nc(C(=O)NCc3ccc4c(c3)NC(=O)CO4)cc(C(=O)O)n2c1. The summed E-state index contributed by atoms with van der Waals surface area (Å²) in [5.74, 6) is -2.40. The van der Waals surface area contributed by atoms with Gasteiger partial charge in [-0.3, -0.25) is 18.8 Å². The van der Waals surface area contributed by atoms with Crippen molar-refractivity contribution in [1.82, 2.24) is 14.7 Å². The lowest BCUT2D eigenvalue weighted by Crippen LogP contribution is -2.26. The monoisotopic (exact) mass is 409 g/mol. The first kappa shape index (κ1) is 18.9. The molecule has 152 valence electrons. The summed E-state index contributed by atoms with van der Waals surface area (Å²) >= 11 is 0. The Morgan fingerprint density at radius 2 is 2.07 bits per heavy atom. The Balaban J connectivity index is 1.57. The minimum absolute atomic E-state index is 0.0552. The van der Waals surface area contributed by atoms with Gasteiger partial charge in [0.1, 0.15) is 22.8 Å². The van der Waals surface area contributed by atoms with Crippen LogP contribution in [0.1, 0.15) is 36.9 Å². The minimum Gasteiger partial charge on any atom is -0.482 e. The number of nitrogens with one attached hydrogen (secondary N) is 2. The molecule has 3 amide bonds. The summed E-state index contributed by atoms with van der Waals surface area (Å²) in [7, 11) is 0. The summed E-state index contributed by atoms with van der Waals surface area (Å²) in [6.45, 7) is 0.0468. The van der Waals surface area contributed by atoms with E-state index in [1.54, 1.807) is 18.2 Å². The van der Waals surface area contributed by atoms with Crippen LogP contribution in [0.2, 0.25) is 0 Å². The average Bonchev–Trinajstić information content (AvgIpc) is 3.15. The summed E-state index contributed by atoms with van der Waals surface area (Å²) < 4.78 is 6.45. The third kappa shape index (κ3) is 3.51. The number of carboxylic acid groups (broad SMARTS) is 1. The highest BCUT2D eigenvalue weighted by atomic mass is 16.5. The zero-order valence-electron chi connectivity index (χ0n) is 15.3. The van der Waals surface area contributed by atoms with Gasteiger partial charge < -0.3 is 26.2 Å². The van der Waals surface area contributed by atoms with Gasteiger partial charge in [-0.25, -0.2) is 9.78 Å². The fraction of sp³-hybridized carbons (Fsp3) is 0.105. The van der Waals surface area contributed by atoms with E-state index in [1.165, 1.54) is 16.7 Å². The average molecular weight is 409 g/mol. The predicted molar refractivity (Wildman–Crippen MR) is 102 cm³/mol. The largest absolute Gasteiger partial charge is 0.482 e. The summed E-state index contributed by atoms with van der Waals surface area (Å²) in [6.07, 6.45) is 1.25. The van der Waals surface area contributed by atoms with Gasteiger partial charge in [-0.05, 0) is 23.8 Å². The fourth-order valence-corrected chi connectivity index (χ4v) is 3.01. The predicted octanol–water partition coefficient (Wildman–Crippen LogP) is 0.392. The molecule has 0 aliphatic carbocycles. The van der Waals surface area contributed by atoms with Crippen LogP contribution in [0, 0.1) is 0 Å². The van der Waals surface area contributed by atoms with Crippen LogP contribution in [0.5, 0.6) is 5.75 Å². The topological polar surface area (TPSA) is 165 Å². The van der Waals surface area contributed by atoms with Crippen LogP contribution in [0.4, 0.5) is 5.69 Å². The lowest BCUT2D eigenvalue weighted by atomic mass is 10.1. The highest BCUT2D eigenvalue weighted by Crippen LogP contribution is 2.28. The summed E-state index contributed by atoms with van der Waals surface area (Å²) in [4.78, 5) is 51.0. The third-order valence-corrected chi connectivity index (χ3v) is 4.43. The number of hydrogen-bond donors (Lipinski definition) is 4. The number of aromatic nitrogens is 2. The number of rotatable bonds is 5. The van der Waals surface area contributed by atoms with Crippen LogP contribution in [0.25, 0.3) is 5.65 Å². The van der Waals surface area contributed by atoms with E-state index >= 15 is 0 Å². The van der Waals surface area contributed by atoms with Crippen molar-refractivity contribution in [2.45, 2.75) is 6.54 Å². The maximum Gasteiger partial charge on any atom is 0.352 e. The molecule has 0 radical (unpaired) electrons. The molecule has 1 aromatic carbocycles. The molecule has 0 spiro atoms. The van der Waals surface area contributed by atoms with E-state index in [9.17, 15) is 24.3 Å². The summed E-state index contributed by atoms with van der Waals surface area (Å²) in [5, 5.41) is 14.8. The van der Waals surface area contributed by atoms with Gasteiger partial charge in [0.25, 0.3) is 11.8 Å². The van der Waals surface area contributed by atoms with Crippen molar-refractivity contribution in [1.29, 1.82) is 0 Å². The van der Waals surface area contributed by atoms with Gasteiger partial charge in [-0.15, -0.1) is 0 Å². The van der Waals surface area contributed by atoms with E-state index in [0.717, 1.165) is 6.07 Å². The molecule has 0 unspecified atom stereocenters. The molecule has 1 aliphatic heterocycles. The molecule has 0 saturated heterocycles. The Morgan fingerprint density at radius 3 is 2.80 bits per heavy atom. The van der Waals surface area contributed by atoms with Crippen molar-refractivity contribution in [2.24, 2.45) is 5.73 Å². The molecule has 0 bridgehead atoms. The normalized spacial score (nSPS) is 12.6. The van der Waals surface area contributed by atoms with Gasteiger partial charge in [0.15, 0.2) is 6.61 Å². The quantitative estimate of drug-likeness (QED) is 0.473. The van der Waals surface area contributed by atoms with Crippen molar-refractivity contribution < 1.29 is 29.0 Å². The zero-order valence-corrected chi connectivity index (χ0v) is 15.3. The van der Waals surface area contributed by atoms with Crippen molar-refractivity contribution in [2.75, 3.05) is 11.9 Å². The van der Waals surface area contributed by atoms with Crippen LogP contribution in [-0.4, -0.2) is 44.8 Å². The first-order valence-electron chi connectivity index (χ1n) is 8.72. The molecule has 2 aromatic heterocycles. The van der Waals surface area contributed by atoms with Crippen LogP contribution in [0.3, 0.4) is 0 Å². The number of ether oxygens (including phenoxy) is 1. The van der Waals surface area contributed by atoms with Crippen LogP contribution in [0.15, 0.2) is 36.5 Å². The van der Waals surface area contributed by atoms with E-state index in [-0.39, 0.29) is 41.7 Å². The standard InChI is InChI=1S/C19H15N5O6/c20-17(26)10-4-15-22-12(5-13(19(28)29)24(15)7-10)18(27)21-6-9-1-2-14-11(3-9)23-16(25)8-30-14/h1-5,7H,6,8H2,(H2,20,26)(H,21,27)(H,23,25)(H,28,29). The molecule has 3 heterocycles. The lowest BCUT2D eigenvalue weighted by Gasteiger charge is -2.18. The first-order valence-corrected chi connectivity index (χ1v) is 8.72. The molecule has 11 heteroatoms. The number of benzene rings is 1. The Bertz CT molecular complexity index is 1230. The second-order valence-electron chi connectivity index (χ2n) is 6.50. The number of fused-ring (bicyclic) bond motifs is 2. The van der Waals surface area contributed by atoms with Gasteiger partial charge in [0.05, 0.1) is 11.3 Å². The third-order valence-electron chi connectivity index (χ3n) is 4.43. The molecule has 0 saturated carbocycles. The summed E-state index contributed by atoms with van der Waals surface area (Å²) in [5.41, 5.74) is 6.20. The molecule has 0 atom stereocenters. The minimum atomic E-state index is -1.30. The van der Waals surface area contributed by atoms with Gasteiger partial charge in [0, 0.05) is 18.8 Å². The molecule has 1 aliphatic rings. The Morgan fingerprint density at radius 1 is 1.27 bits per heavy atom. The van der Waals surface area contributed by atoms with Crippen molar-refractivity contribution in [3.63, 3.8) is 0 Å². The number of aromatic carboxylic acids is 1. The number of carbonyl (C=O) groups is 4. The van der Waals surface area contributed by atoms with Crippen LogP contribution >= 0.6 is 0 Å². The van der Waals surface area contributed by atoms with Crippen LogP contribution < -0.4 is 21.1 Å². The maximum atomic E-state index is 12.6. The van der Waals surface area contributed by atoms with E-state index in [2.05, 4.69) is 15.6 Å². The van der Waals surface area contributed by atoms with E-state index < -0.39 is 17.8 Å². The Hall–Kier alpha value is -4.41. The van der Waals surface area contributed by atoms with Crippen LogP contribution in [-0.2, 0) is 11.3 Å². The molecular weight excluding hydrogens is 394 g/mol. The molecule has 0 fully saturated rings. The molecule has 4 rings (SSSR count). The number of carboxylic acids is 1. The maximum absolute atomic E-state index is 12.6. The lowest BCUT2D eigenvalue weighted by molar-refractivity contribution is -0.118. The molecule has 30 heavy (non-hydrogen) atoms. The van der Waals surface area contributed by atoms with Gasteiger partial charge in [0.2, 0.25) is 5.91 Å². The first-order chi connectivity index (χ1) is 14.3. The van der Waals surface area contributed by atoms with Crippen molar-refractivity contribution >= 4 is 35.0 Å². The number of nitrogens with zero attached hydrogens (tertiary/aromatic N) is 2. The Kier molecular flexibility index (Phi) is 4.54. The summed E-state index contributed by atoms with van der Waals surface area (Å²) in [6, 6.07) is 7.48. The molecule has 11 nitrogen and oxygen atoms in total. The van der Waals surface area contributed by atoms with Gasteiger partial charge in [-0.1, -0.05) is 6.07 Å². The number of primary amides is 1. The fourth-order valence-electron chi connectivity index (χ4n) is 3.01. The highest BCUT2D eigenvalue weighted by molar-refractivity contribution is 5.98. The number of anilines is 1. The second kappa shape index (κ2) is 7.20. The van der Waals surface area contributed by atoms with Gasteiger partial charge >= 0.3 is 5.97 Å². The number of nitrogens with two attached hydrogens (primary N) is 1. The second-order valence-corrected chi connectivity index (χ2v) is 6.50. The van der Waals surface area contributed by atoms with Crippen molar-refractivity contribution in [3.05, 3.63) is 59.0 Å². The van der Waals surface area contributed by atoms with E-state index in [4.69, 9.17) is 10.5 Å². The number of amides is 3. The van der Waals surface area contributed by atoms with E-state index in [1.807, 2.05) is 0 Å². The smallest absolute Gasteiger partial charge is 0.352 e. The van der Waals surface area contributed by atoms with Gasteiger partial charge in [-0.2, -0.15) is 0 Å². The zero-order chi connectivity index (χ0) is 21.4. The van der Waals surface area contributed by atoms with E-state index in [0.29, 0.717) is 17.0 Å². The Labute approximate surface area is 168 Å². The molecular formula is C19H15N5O6. The van der Waals surface area contributed by atoms with Crippen molar-refractivity contribution in [3.8, 4) is 5.75 Å². The molecule has 3 aromatic rings.